The molecule has 2 N–H and O–H groups in total. The quantitative estimate of drug-likeness (QED) is 0.733. The minimum atomic E-state index is -0.916. The van der Waals surface area contributed by atoms with Gasteiger partial charge in [-0.05, 0) is 43.0 Å². The largest absolute Gasteiger partial charge is 0.376 e. The first-order valence-corrected chi connectivity index (χ1v) is 8.96. The number of hydrogen-bond donors (Lipinski definition) is 2. The summed E-state index contributed by atoms with van der Waals surface area (Å²) in [6, 6.07) is 9.02. The Bertz CT molecular complexity index is 981. The molecule has 1 aliphatic rings. The zero-order valence-corrected chi connectivity index (χ0v) is 14.6. The zero-order valence-electron chi connectivity index (χ0n) is 14.6. The number of nitrogens with one attached hydrogen (secondary N) is 2. The number of halogens is 2. The highest BCUT2D eigenvalue weighted by Gasteiger charge is 2.19. The third-order valence-corrected chi connectivity index (χ3v) is 4.80. The highest BCUT2D eigenvalue weighted by atomic mass is 19.2. The molecule has 0 bridgehead atoms. The number of aromatic amines is 1. The summed E-state index contributed by atoms with van der Waals surface area (Å²) in [5, 5.41) is 10.3. The number of benzene rings is 2. The van der Waals surface area contributed by atoms with E-state index in [1.807, 2.05) is 0 Å². The third-order valence-electron chi connectivity index (χ3n) is 4.80. The summed E-state index contributed by atoms with van der Waals surface area (Å²) in [5.41, 5.74) is 1.49. The standard InChI is InChI=1S/C20H19F2N3O2/c21-16-6-3-5-14(18(16)22)12-7-8-17-15(10-12)19(25-24-17)20(26)23-11-13-4-1-2-9-27-13/h3,5-8,10,13H,1-2,4,9,11H2,(H,23,26)(H,24,25). The van der Waals surface area contributed by atoms with Gasteiger partial charge in [-0.3, -0.25) is 9.89 Å². The lowest BCUT2D eigenvalue weighted by atomic mass is 10.0. The van der Waals surface area contributed by atoms with Gasteiger partial charge >= 0.3 is 0 Å². The number of rotatable bonds is 4. The van der Waals surface area contributed by atoms with Crippen LogP contribution in [0.5, 0.6) is 0 Å². The van der Waals surface area contributed by atoms with Crippen LogP contribution in [0.15, 0.2) is 36.4 Å². The minimum Gasteiger partial charge on any atom is -0.376 e. The van der Waals surface area contributed by atoms with E-state index in [0.717, 1.165) is 25.3 Å². The molecule has 0 aliphatic carbocycles. The van der Waals surface area contributed by atoms with Crippen molar-refractivity contribution in [1.29, 1.82) is 0 Å². The molecule has 4 rings (SSSR count). The van der Waals surface area contributed by atoms with Gasteiger partial charge in [-0.15, -0.1) is 0 Å². The van der Waals surface area contributed by atoms with Gasteiger partial charge in [0.25, 0.3) is 5.91 Å². The maximum atomic E-state index is 14.1. The van der Waals surface area contributed by atoms with Crippen LogP contribution in [-0.2, 0) is 4.74 Å². The van der Waals surface area contributed by atoms with Crippen molar-refractivity contribution < 1.29 is 18.3 Å². The normalized spacial score (nSPS) is 17.2. The molecule has 0 spiro atoms. The lowest BCUT2D eigenvalue weighted by Gasteiger charge is -2.22. The molecule has 1 amide bonds. The van der Waals surface area contributed by atoms with E-state index in [9.17, 15) is 13.6 Å². The van der Waals surface area contributed by atoms with Crippen molar-refractivity contribution in [1.82, 2.24) is 15.5 Å². The number of H-pyrrole nitrogens is 1. The van der Waals surface area contributed by atoms with Crippen LogP contribution in [0.4, 0.5) is 8.78 Å². The van der Waals surface area contributed by atoms with Gasteiger partial charge in [0, 0.05) is 24.1 Å². The fourth-order valence-corrected chi connectivity index (χ4v) is 3.34. The van der Waals surface area contributed by atoms with Gasteiger partial charge < -0.3 is 10.1 Å². The first-order valence-electron chi connectivity index (χ1n) is 8.96. The SMILES string of the molecule is O=C(NCC1CCCCO1)c1n[nH]c2ccc(-c3cccc(F)c3F)cc12. The van der Waals surface area contributed by atoms with Crippen LogP contribution in [0.3, 0.4) is 0 Å². The second kappa shape index (κ2) is 7.44. The Labute approximate surface area is 154 Å². The molecular formula is C20H19F2N3O2. The Hall–Kier alpha value is -2.80. The second-order valence-electron chi connectivity index (χ2n) is 6.63. The molecule has 1 aliphatic heterocycles. The lowest BCUT2D eigenvalue weighted by molar-refractivity contribution is 0.0168. The maximum absolute atomic E-state index is 14.1. The predicted octanol–water partition coefficient (Wildman–Crippen LogP) is 3.81. The molecule has 1 atom stereocenters. The van der Waals surface area contributed by atoms with Gasteiger partial charge in [-0.1, -0.05) is 18.2 Å². The Balaban J connectivity index is 1.60. The molecule has 2 aromatic carbocycles. The van der Waals surface area contributed by atoms with E-state index >= 15 is 0 Å². The van der Waals surface area contributed by atoms with Crippen LogP contribution >= 0.6 is 0 Å². The van der Waals surface area contributed by atoms with E-state index < -0.39 is 11.6 Å². The molecule has 7 heteroatoms. The van der Waals surface area contributed by atoms with E-state index in [2.05, 4.69) is 15.5 Å². The average Bonchev–Trinajstić information content (AvgIpc) is 3.12. The van der Waals surface area contributed by atoms with Crippen LogP contribution in [-0.4, -0.2) is 35.4 Å². The van der Waals surface area contributed by atoms with Crippen LogP contribution < -0.4 is 5.32 Å². The monoisotopic (exact) mass is 371 g/mol. The van der Waals surface area contributed by atoms with Gasteiger partial charge in [-0.2, -0.15) is 5.10 Å². The summed E-state index contributed by atoms with van der Waals surface area (Å²) < 4.78 is 33.3. The average molecular weight is 371 g/mol. The summed E-state index contributed by atoms with van der Waals surface area (Å²) in [6.45, 7) is 1.14. The molecule has 3 aromatic rings. The van der Waals surface area contributed by atoms with Gasteiger partial charge in [0.15, 0.2) is 17.3 Å². The highest BCUT2D eigenvalue weighted by Crippen LogP contribution is 2.28. The minimum absolute atomic E-state index is 0.0184. The number of hydrogen-bond acceptors (Lipinski definition) is 3. The van der Waals surface area contributed by atoms with E-state index in [4.69, 9.17) is 4.74 Å². The molecule has 1 aromatic heterocycles. The molecule has 1 fully saturated rings. The summed E-state index contributed by atoms with van der Waals surface area (Å²) >= 11 is 0. The first-order chi connectivity index (χ1) is 13.1. The third kappa shape index (κ3) is 3.55. The van der Waals surface area contributed by atoms with Gasteiger partial charge in [0.05, 0.1) is 11.6 Å². The number of carbonyl (C=O) groups excluding carboxylic acids is 1. The van der Waals surface area contributed by atoms with E-state index in [-0.39, 0.29) is 23.3 Å². The Kier molecular flexibility index (Phi) is 4.85. The van der Waals surface area contributed by atoms with Gasteiger partial charge in [0.2, 0.25) is 0 Å². The number of amides is 1. The van der Waals surface area contributed by atoms with Gasteiger partial charge in [0.1, 0.15) is 0 Å². The lowest BCUT2D eigenvalue weighted by Crippen LogP contribution is -2.35. The van der Waals surface area contributed by atoms with Crippen LogP contribution in [0, 0.1) is 11.6 Å². The topological polar surface area (TPSA) is 67.0 Å². The number of carbonyl (C=O) groups is 1. The molecule has 27 heavy (non-hydrogen) atoms. The molecule has 5 nitrogen and oxygen atoms in total. The first kappa shape index (κ1) is 17.6. The summed E-state index contributed by atoms with van der Waals surface area (Å²) in [7, 11) is 0. The summed E-state index contributed by atoms with van der Waals surface area (Å²) in [6.07, 6.45) is 3.08. The number of ether oxygens (including phenoxy) is 1. The van der Waals surface area contributed by atoms with E-state index in [1.54, 1.807) is 18.2 Å². The molecule has 0 radical (unpaired) electrons. The van der Waals surface area contributed by atoms with Crippen molar-refractivity contribution in [2.24, 2.45) is 0 Å². The van der Waals surface area contributed by atoms with Crippen molar-refractivity contribution in [3.05, 3.63) is 53.7 Å². The van der Waals surface area contributed by atoms with Crippen LogP contribution in [0.25, 0.3) is 22.0 Å². The molecule has 140 valence electrons. The zero-order chi connectivity index (χ0) is 18.8. The highest BCUT2D eigenvalue weighted by molar-refractivity contribution is 6.05. The van der Waals surface area contributed by atoms with E-state index in [0.29, 0.717) is 29.6 Å². The fraction of sp³-hybridized carbons (Fsp3) is 0.300. The number of nitrogens with zero attached hydrogens (tertiary/aromatic N) is 1. The number of fused-ring (bicyclic) bond motifs is 1. The van der Waals surface area contributed by atoms with Crippen molar-refractivity contribution in [3.63, 3.8) is 0 Å². The summed E-state index contributed by atoms with van der Waals surface area (Å²) in [4.78, 5) is 12.5. The van der Waals surface area contributed by atoms with Crippen LogP contribution in [0.2, 0.25) is 0 Å². The Morgan fingerprint density at radius 2 is 2.15 bits per heavy atom. The Morgan fingerprint density at radius 3 is 2.96 bits per heavy atom. The fourth-order valence-electron chi connectivity index (χ4n) is 3.34. The smallest absolute Gasteiger partial charge is 0.272 e. The predicted molar refractivity (Wildman–Crippen MR) is 97.4 cm³/mol. The maximum Gasteiger partial charge on any atom is 0.272 e. The van der Waals surface area contributed by atoms with Gasteiger partial charge in [-0.25, -0.2) is 8.78 Å². The molecule has 1 unspecified atom stereocenters. The van der Waals surface area contributed by atoms with Crippen molar-refractivity contribution >= 4 is 16.8 Å². The molecule has 1 saturated heterocycles. The molecular weight excluding hydrogens is 352 g/mol. The molecule has 2 heterocycles. The second-order valence-corrected chi connectivity index (χ2v) is 6.63. The van der Waals surface area contributed by atoms with E-state index in [1.165, 1.54) is 12.1 Å². The molecule has 0 saturated carbocycles. The Morgan fingerprint density at radius 1 is 1.26 bits per heavy atom. The number of aromatic nitrogens is 2. The van der Waals surface area contributed by atoms with Crippen molar-refractivity contribution in [2.75, 3.05) is 13.2 Å². The van der Waals surface area contributed by atoms with Crippen molar-refractivity contribution in [2.45, 2.75) is 25.4 Å². The van der Waals surface area contributed by atoms with Crippen molar-refractivity contribution in [3.8, 4) is 11.1 Å². The van der Waals surface area contributed by atoms with Crippen LogP contribution in [0.1, 0.15) is 29.8 Å². The summed E-state index contributed by atoms with van der Waals surface area (Å²) in [5.74, 6) is -2.15.